The average Bonchev–Trinajstić information content (AvgIpc) is 2.90. The molecule has 0 bridgehead atoms. The van der Waals surface area contributed by atoms with Gasteiger partial charge in [0.25, 0.3) is 0 Å². The van der Waals surface area contributed by atoms with Gasteiger partial charge in [-0.15, -0.1) is 0 Å². The minimum Gasteiger partial charge on any atom is -0.472 e. The summed E-state index contributed by atoms with van der Waals surface area (Å²) >= 11 is 0. The Labute approximate surface area is 104 Å². The summed E-state index contributed by atoms with van der Waals surface area (Å²) in [6, 6.07) is 3.09. The number of furan rings is 1. The molecule has 0 aromatic carbocycles. The van der Waals surface area contributed by atoms with Crippen LogP contribution in [0.2, 0.25) is 0 Å². The first-order valence-electron chi connectivity index (χ1n) is 6.68. The van der Waals surface area contributed by atoms with E-state index in [0.29, 0.717) is 18.0 Å². The van der Waals surface area contributed by atoms with Gasteiger partial charge in [0, 0.05) is 17.6 Å². The predicted molar refractivity (Wildman–Crippen MR) is 69.7 cm³/mol. The fourth-order valence-electron chi connectivity index (χ4n) is 3.03. The SMILES string of the molecule is CC(c1ccoc1)N(C)C1CCCCC1CN. The number of rotatable bonds is 4. The highest BCUT2D eigenvalue weighted by molar-refractivity contribution is 5.11. The molecule has 2 rings (SSSR count). The molecule has 0 saturated heterocycles. The second-order valence-corrected chi connectivity index (χ2v) is 5.25. The molecule has 1 aliphatic carbocycles. The average molecular weight is 236 g/mol. The lowest BCUT2D eigenvalue weighted by Crippen LogP contribution is -2.44. The third kappa shape index (κ3) is 2.72. The molecule has 3 unspecified atom stereocenters. The minimum absolute atomic E-state index is 0.408. The molecule has 0 radical (unpaired) electrons. The summed E-state index contributed by atoms with van der Waals surface area (Å²) in [5, 5.41) is 0. The van der Waals surface area contributed by atoms with Crippen LogP contribution in [-0.2, 0) is 0 Å². The third-order valence-corrected chi connectivity index (χ3v) is 4.33. The zero-order valence-electron chi connectivity index (χ0n) is 10.9. The van der Waals surface area contributed by atoms with Crippen molar-refractivity contribution >= 4 is 0 Å². The van der Waals surface area contributed by atoms with Gasteiger partial charge in [-0.2, -0.15) is 0 Å². The van der Waals surface area contributed by atoms with Gasteiger partial charge in [0.05, 0.1) is 12.5 Å². The summed E-state index contributed by atoms with van der Waals surface area (Å²) in [5.41, 5.74) is 7.16. The summed E-state index contributed by atoms with van der Waals surface area (Å²) in [6.07, 6.45) is 8.84. The van der Waals surface area contributed by atoms with Crippen LogP contribution in [0, 0.1) is 5.92 Å². The van der Waals surface area contributed by atoms with Crippen LogP contribution in [0.3, 0.4) is 0 Å². The van der Waals surface area contributed by atoms with Crippen molar-refractivity contribution in [2.24, 2.45) is 11.7 Å². The van der Waals surface area contributed by atoms with Crippen molar-refractivity contribution in [2.75, 3.05) is 13.6 Å². The lowest BCUT2D eigenvalue weighted by atomic mass is 9.83. The van der Waals surface area contributed by atoms with E-state index in [1.807, 2.05) is 6.26 Å². The van der Waals surface area contributed by atoms with E-state index in [4.69, 9.17) is 10.2 Å². The molecule has 96 valence electrons. The van der Waals surface area contributed by atoms with Crippen LogP contribution >= 0.6 is 0 Å². The van der Waals surface area contributed by atoms with Gasteiger partial charge in [-0.1, -0.05) is 12.8 Å². The Kier molecular flexibility index (Phi) is 4.24. The summed E-state index contributed by atoms with van der Waals surface area (Å²) in [4.78, 5) is 2.47. The lowest BCUT2D eigenvalue weighted by Gasteiger charge is -2.40. The Morgan fingerprint density at radius 1 is 1.47 bits per heavy atom. The fraction of sp³-hybridized carbons (Fsp3) is 0.714. The molecule has 17 heavy (non-hydrogen) atoms. The van der Waals surface area contributed by atoms with Crippen molar-refractivity contribution in [1.29, 1.82) is 0 Å². The van der Waals surface area contributed by atoms with E-state index in [2.05, 4.69) is 24.9 Å². The lowest BCUT2D eigenvalue weighted by molar-refractivity contribution is 0.0986. The maximum Gasteiger partial charge on any atom is 0.0950 e. The topological polar surface area (TPSA) is 42.4 Å². The van der Waals surface area contributed by atoms with Crippen LogP contribution in [0.25, 0.3) is 0 Å². The maximum absolute atomic E-state index is 5.91. The Balaban J connectivity index is 2.04. The summed E-state index contributed by atoms with van der Waals surface area (Å²) < 4.78 is 5.17. The molecule has 1 aromatic heterocycles. The maximum atomic E-state index is 5.91. The molecule has 0 aliphatic heterocycles. The van der Waals surface area contributed by atoms with E-state index < -0.39 is 0 Å². The van der Waals surface area contributed by atoms with Crippen molar-refractivity contribution in [1.82, 2.24) is 4.90 Å². The highest BCUT2D eigenvalue weighted by atomic mass is 16.3. The zero-order chi connectivity index (χ0) is 12.3. The van der Waals surface area contributed by atoms with E-state index in [1.165, 1.54) is 31.2 Å². The molecule has 1 saturated carbocycles. The van der Waals surface area contributed by atoms with Crippen LogP contribution in [0.1, 0.15) is 44.2 Å². The number of nitrogens with two attached hydrogens (primary N) is 1. The van der Waals surface area contributed by atoms with Crippen LogP contribution in [0.15, 0.2) is 23.0 Å². The van der Waals surface area contributed by atoms with Gasteiger partial charge in [-0.3, -0.25) is 4.90 Å². The van der Waals surface area contributed by atoms with Gasteiger partial charge in [0.1, 0.15) is 0 Å². The molecule has 3 atom stereocenters. The number of hydrogen-bond acceptors (Lipinski definition) is 3. The smallest absolute Gasteiger partial charge is 0.0950 e. The first-order valence-corrected chi connectivity index (χ1v) is 6.68. The molecule has 0 amide bonds. The van der Waals surface area contributed by atoms with E-state index in [-0.39, 0.29) is 0 Å². The van der Waals surface area contributed by atoms with E-state index >= 15 is 0 Å². The second-order valence-electron chi connectivity index (χ2n) is 5.25. The van der Waals surface area contributed by atoms with E-state index in [1.54, 1.807) is 6.26 Å². The Bertz CT molecular complexity index is 323. The van der Waals surface area contributed by atoms with Gasteiger partial charge >= 0.3 is 0 Å². The van der Waals surface area contributed by atoms with Crippen LogP contribution in [0.4, 0.5) is 0 Å². The van der Waals surface area contributed by atoms with E-state index in [9.17, 15) is 0 Å². The largest absolute Gasteiger partial charge is 0.472 e. The molecule has 1 aromatic rings. The van der Waals surface area contributed by atoms with Crippen molar-refractivity contribution in [3.05, 3.63) is 24.2 Å². The highest BCUT2D eigenvalue weighted by Crippen LogP contribution is 2.32. The normalized spacial score (nSPS) is 27.3. The second kappa shape index (κ2) is 5.69. The number of hydrogen-bond donors (Lipinski definition) is 1. The first-order chi connectivity index (χ1) is 8.24. The molecular weight excluding hydrogens is 212 g/mol. The van der Waals surface area contributed by atoms with Gasteiger partial charge in [-0.25, -0.2) is 0 Å². The summed E-state index contributed by atoms with van der Waals surface area (Å²) in [6.45, 7) is 3.06. The third-order valence-electron chi connectivity index (χ3n) is 4.33. The quantitative estimate of drug-likeness (QED) is 0.874. The van der Waals surface area contributed by atoms with Crippen molar-refractivity contribution in [2.45, 2.75) is 44.7 Å². The Hall–Kier alpha value is -0.800. The van der Waals surface area contributed by atoms with Gasteiger partial charge in [0.15, 0.2) is 0 Å². The molecule has 1 heterocycles. The van der Waals surface area contributed by atoms with Crippen LogP contribution in [-0.4, -0.2) is 24.5 Å². The van der Waals surface area contributed by atoms with Gasteiger partial charge in [-0.05, 0) is 45.3 Å². The highest BCUT2D eigenvalue weighted by Gasteiger charge is 2.30. The van der Waals surface area contributed by atoms with Crippen LogP contribution in [0.5, 0.6) is 0 Å². The van der Waals surface area contributed by atoms with Gasteiger partial charge in [0.2, 0.25) is 0 Å². The Morgan fingerprint density at radius 3 is 2.88 bits per heavy atom. The van der Waals surface area contributed by atoms with Crippen molar-refractivity contribution in [3.63, 3.8) is 0 Å². The molecule has 1 fully saturated rings. The fourth-order valence-corrected chi connectivity index (χ4v) is 3.03. The zero-order valence-corrected chi connectivity index (χ0v) is 10.9. The molecule has 3 heteroatoms. The Morgan fingerprint density at radius 2 is 2.24 bits per heavy atom. The first kappa shape index (κ1) is 12.7. The van der Waals surface area contributed by atoms with Crippen molar-refractivity contribution < 1.29 is 4.42 Å². The summed E-state index contributed by atoms with van der Waals surface area (Å²) in [5.74, 6) is 0.656. The van der Waals surface area contributed by atoms with Crippen molar-refractivity contribution in [3.8, 4) is 0 Å². The molecule has 2 N–H and O–H groups in total. The minimum atomic E-state index is 0.408. The molecule has 0 spiro atoms. The summed E-state index contributed by atoms with van der Waals surface area (Å²) in [7, 11) is 2.22. The molecule has 1 aliphatic rings. The standard InChI is InChI=1S/C14H24N2O/c1-11(13-7-8-17-10-13)16(2)14-6-4-3-5-12(14)9-15/h7-8,10-12,14H,3-6,9,15H2,1-2H3. The van der Waals surface area contributed by atoms with Gasteiger partial charge < -0.3 is 10.2 Å². The monoisotopic (exact) mass is 236 g/mol. The number of nitrogens with zero attached hydrogens (tertiary/aromatic N) is 1. The molecular formula is C14H24N2O. The predicted octanol–water partition coefficient (Wildman–Crippen LogP) is 2.79. The molecule has 3 nitrogen and oxygen atoms in total. The van der Waals surface area contributed by atoms with E-state index in [0.717, 1.165) is 6.54 Å². The van der Waals surface area contributed by atoms with Crippen LogP contribution < -0.4 is 5.73 Å².